The standard InChI is InChI=1S/C24H27N3O2/c1-17-5-6-19(15-18(17)2)22-16-25-24(29-22)12-11-23(28)26-20-7-9-21(10-8-20)27-13-3-4-14-27/h5-10,15-16H,3-4,11-14H2,1-2H3,(H,26,28). The smallest absolute Gasteiger partial charge is 0.224 e. The van der Waals surface area contributed by atoms with Gasteiger partial charge in [0.2, 0.25) is 5.91 Å². The molecule has 1 saturated heterocycles. The van der Waals surface area contributed by atoms with E-state index in [-0.39, 0.29) is 5.91 Å². The van der Waals surface area contributed by atoms with Crippen molar-refractivity contribution in [3.05, 3.63) is 65.7 Å². The van der Waals surface area contributed by atoms with E-state index in [1.807, 2.05) is 18.2 Å². The van der Waals surface area contributed by atoms with E-state index < -0.39 is 0 Å². The summed E-state index contributed by atoms with van der Waals surface area (Å²) in [5.74, 6) is 1.28. The molecular weight excluding hydrogens is 362 g/mol. The molecule has 0 radical (unpaired) electrons. The first-order chi connectivity index (χ1) is 14.1. The van der Waals surface area contributed by atoms with Crippen molar-refractivity contribution in [1.82, 2.24) is 4.98 Å². The Morgan fingerprint density at radius 1 is 1.07 bits per heavy atom. The van der Waals surface area contributed by atoms with E-state index in [0.29, 0.717) is 18.7 Å². The predicted octanol–water partition coefficient (Wildman–Crippen LogP) is 5.13. The third kappa shape index (κ3) is 4.67. The van der Waals surface area contributed by atoms with Crippen LogP contribution in [0.5, 0.6) is 0 Å². The van der Waals surface area contributed by atoms with Gasteiger partial charge in [0.15, 0.2) is 11.7 Å². The molecule has 2 heterocycles. The van der Waals surface area contributed by atoms with Gasteiger partial charge >= 0.3 is 0 Å². The van der Waals surface area contributed by atoms with Gasteiger partial charge in [-0.2, -0.15) is 0 Å². The summed E-state index contributed by atoms with van der Waals surface area (Å²) in [5.41, 5.74) is 5.52. The van der Waals surface area contributed by atoms with Crippen molar-refractivity contribution in [3.63, 3.8) is 0 Å². The number of aromatic nitrogens is 1. The number of carbonyl (C=O) groups excluding carboxylic acids is 1. The first kappa shape index (κ1) is 19.2. The average Bonchev–Trinajstić information content (AvgIpc) is 3.41. The number of benzene rings is 2. The summed E-state index contributed by atoms with van der Waals surface area (Å²) in [7, 11) is 0. The Bertz CT molecular complexity index is 986. The molecule has 29 heavy (non-hydrogen) atoms. The molecule has 150 valence electrons. The van der Waals surface area contributed by atoms with Gasteiger partial charge in [-0.1, -0.05) is 12.1 Å². The molecule has 0 atom stereocenters. The van der Waals surface area contributed by atoms with Crippen LogP contribution in [0.3, 0.4) is 0 Å². The number of rotatable bonds is 6. The number of anilines is 2. The molecule has 1 amide bonds. The highest BCUT2D eigenvalue weighted by Crippen LogP contribution is 2.24. The van der Waals surface area contributed by atoms with E-state index in [4.69, 9.17) is 4.42 Å². The van der Waals surface area contributed by atoms with E-state index in [2.05, 4.69) is 53.3 Å². The van der Waals surface area contributed by atoms with Crippen LogP contribution in [0.1, 0.15) is 36.3 Å². The minimum absolute atomic E-state index is 0.0372. The fourth-order valence-electron chi connectivity index (χ4n) is 3.63. The van der Waals surface area contributed by atoms with Crippen molar-refractivity contribution in [2.45, 2.75) is 39.5 Å². The fraction of sp³-hybridized carbons (Fsp3) is 0.333. The van der Waals surface area contributed by atoms with Crippen LogP contribution in [-0.4, -0.2) is 24.0 Å². The molecule has 1 aliphatic rings. The molecule has 3 aromatic rings. The maximum atomic E-state index is 12.3. The van der Waals surface area contributed by atoms with Gasteiger partial charge in [-0.25, -0.2) is 4.98 Å². The van der Waals surface area contributed by atoms with Crippen LogP contribution >= 0.6 is 0 Å². The summed E-state index contributed by atoms with van der Waals surface area (Å²) < 4.78 is 5.84. The maximum Gasteiger partial charge on any atom is 0.224 e. The third-order valence-electron chi connectivity index (χ3n) is 5.53. The highest BCUT2D eigenvalue weighted by atomic mass is 16.4. The quantitative estimate of drug-likeness (QED) is 0.635. The second-order valence-electron chi connectivity index (χ2n) is 7.71. The Morgan fingerprint density at radius 2 is 1.83 bits per heavy atom. The maximum absolute atomic E-state index is 12.3. The van der Waals surface area contributed by atoms with Crippen molar-refractivity contribution in [2.75, 3.05) is 23.3 Å². The van der Waals surface area contributed by atoms with Crippen LogP contribution in [0.4, 0.5) is 11.4 Å². The number of amides is 1. The zero-order valence-corrected chi connectivity index (χ0v) is 17.1. The van der Waals surface area contributed by atoms with E-state index in [1.54, 1.807) is 6.20 Å². The number of oxazole rings is 1. The zero-order chi connectivity index (χ0) is 20.2. The van der Waals surface area contributed by atoms with Crippen LogP contribution < -0.4 is 10.2 Å². The molecule has 0 spiro atoms. The first-order valence-electron chi connectivity index (χ1n) is 10.3. The summed E-state index contributed by atoms with van der Waals surface area (Å²) >= 11 is 0. The van der Waals surface area contributed by atoms with Gasteiger partial charge in [0.1, 0.15) is 0 Å². The number of hydrogen-bond donors (Lipinski definition) is 1. The number of hydrogen-bond acceptors (Lipinski definition) is 4. The van der Waals surface area contributed by atoms with Gasteiger partial charge in [0, 0.05) is 42.9 Å². The Kier molecular flexibility index (Phi) is 5.65. The largest absolute Gasteiger partial charge is 0.441 e. The Labute approximate surface area is 171 Å². The first-order valence-corrected chi connectivity index (χ1v) is 10.3. The zero-order valence-electron chi connectivity index (χ0n) is 17.1. The van der Waals surface area contributed by atoms with E-state index in [0.717, 1.165) is 30.1 Å². The summed E-state index contributed by atoms with van der Waals surface area (Å²) in [4.78, 5) is 19.0. The molecule has 0 unspecified atom stereocenters. The Morgan fingerprint density at radius 3 is 2.55 bits per heavy atom. The molecule has 0 saturated carbocycles. The SMILES string of the molecule is Cc1ccc(-c2cnc(CCC(=O)Nc3ccc(N4CCCC4)cc3)o2)cc1C. The van der Waals surface area contributed by atoms with Crippen molar-refractivity contribution >= 4 is 17.3 Å². The normalized spacial score (nSPS) is 13.7. The lowest BCUT2D eigenvalue weighted by atomic mass is 10.1. The lowest BCUT2D eigenvalue weighted by molar-refractivity contribution is -0.116. The lowest BCUT2D eigenvalue weighted by Gasteiger charge is -2.17. The molecule has 4 rings (SSSR count). The number of nitrogens with zero attached hydrogens (tertiary/aromatic N) is 2. The molecule has 1 fully saturated rings. The minimum atomic E-state index is -0.0372. The van der Waals surface area contributed by atoms with E-state index in [9.17, 15) is 4.79 Å². The van der Waals surface area contributed by atoms with Gasteiger partial charge in [0.05, 0.1) is 6.20 Å². The van der Waals surface area contributed by atoms with Crippen molar-refractivity contribution in [3.8, 4) is 11.3 Å². The minimum Gasteiger partial charge on any atom is -0.441 e. The van der Waals surface area contributed by atoms with Gasteiger partial charge in [-0.05, 0) is 68.1 Å². The molecule has 5 heteroatoms. The van der Waals surface area contributed by atoms with Crippen LogP contribution in [0.25, 0.3) is 11.3 Å². The summed E-state index contributed by atoms with van der Waals surface area (Å²) in [5, 5.41) is 2.96. The van der Waals surface area contributed by atoms with Gasteiger partial charge in [0.25, 0.3) is 0 Å². The van der Waals surface area contributed by atoms with Crippen molar-refractivity contribution < 1.29 is 9.21 Å². The van der Waals surface area contributed by atoms with Crippen LogP contribution in [-0.2, 0) is 11.2 Å². The molecule has 0 aliphatic carbocycles. The van der Waals surface area contributed by atoms with Crippen LogP contribution in [0.2, 0.25) is 0 Å². The highest BCUT2D eigenvalue weighted by Gasteiger charge is 2.13. The topological polar surface area (TPSA) is 58.4 Å². The predicted molar refractivity (Wildman–Crippen MR) is 116 cm³/mol. The summed E-state index contributed by atoms with van der Waals surface area (Å²) in [6.07, 6.45) is 5.05. The molecule has 1 N–H and O–H groups in total. The molecule has 0 bridgehead atoms. The van der Waals surface area contributed by atoms with Gasteiger partial charge in [-0.15, -0.1) is 0 Å². The molecule has 5 nitrogen and oxygen atoms in total. The fourth-order valence-corrected chi connectivity index (χ4v) is 3.63. The highest BCUT2D eigenvalue weighted by molar-refractivity contribution is 5.91. The van der Waals surface area contributed by atoms with Crippen molar-refractivity contribution in [2.24, 2.45) is 0 Å². The Balaban J connectivity index is 1.30. The van der Waals surface area contributed by atoms with Gasteiger partial charge in [-0.3, -0.25) is 4.79 Å². The number of aryl methyl sites for hydroxylation is 3. The molecule has 1 aromatic heterocycles. The van der Waals surface area contributed by atoms with Crippen LogP contribution in [0.15, 0.2) is 53.1 Å². The number of carbonyl (C=O) groups is 1. The second-order valence-corrected chi connectivity index (χ2v) is 7.71. The molecule has 2 aromatic carbocycles. The van der Waals surface area contributed by atoms with Gasteiger partial charge < -0.3 is 14.6 Å². The second kappa shape index (κ2) is 8.52. The van der Waals surface area contributed by atoms with Crippen molar-refractivity contribution in [1.29, 1.82) is 0 Å². The lowest BCUT2D eigenvalue weighted by Crippen LogP contribution is -2.17. The summed E-state index contributed by atoms with van der Waals surface area (Å²) in [6, 6.07) is 14.3. The Hall–Kier alpha value is -3.08. The third-order valence-corrected chi connectivity index (χ3v) is 5.53. The number of nitrogens with one attached hydrogen (secondary N) is 1. The average molecular weight is 389 g/mol. The van der Waals surface area contributed by atoms with Crippen LogP contribution in [0, 0.1) is 13.8 Å². The molecule has 1 aliphatic heterocycles. The monoisotopic (exact) mass is 389 g/mol. The van der Waals surface area contributed by atoms with E-state index >= 15 is 0 Å². The van der Waals surface area contributed by atoms with E-state index in [1.165, 1.54) is 29.7 Å². The summed E-state index contributed by atoms with van der Waals surface area (Å²) in [6.45, 7) is 6.40. The molecular formula is C24H27N3O2.